The Morgan fingerprint density at radius 1 is 1.15 bits per heavy atom. The van der Waals surface area contributed by atoms with Crippen LogP contribution in [-0.2, 0) is 19.4 Å². The molecule has 0 unspecified atom stereocenters. The minimum atomic E-state index is 0.430. The van der Waals surface area contributed by atoms with E-state index in [2.05, 4.69) is 69.3 Å². The number of nitrogens with zero attached hydrogens (tertiary/aromatic N) is 5. The predicted molar refractivity (Wildman–Crippen MR) is 141 cm³/mol. The molecule has 0 amide bonds. The number of pyridine rings is 1. The zero-order valence-electron chi connectivity index (χ0n) is 20.4. The summed E-state index contributed by atoms with van der Waals surface area (Å²) in [7, 11) is 4.42. The van der Waals surface area contributed by atoms with Crippen LogP contribution < -0.4 is 10.2 Å². The summed E-state index contributed by atoms with van der Waals surface area (Å²) in [6.07, 6.45) is 6.67. The molecule has 3 atom stereocenters. The Hall–Kier alpha value is -2.22. The summed E-state index contributed by atoms with van der Waals surface area (Å²) in [5.74, 6) is 0. The number of nitrogens with one attached hydrogen (secondary N) is 1. The number of piperazine rings is 1. The third kappa shape index (κ3) is 3.97. The first-order valence-electron chi connectivity index (χ1n) is 12.8. The van der Waals surface area contributed by atoms with E-state index >= 15 is 0 Å². The molecule has 34 heavy (non-hydrogen) atoms. The summed E-state index contributed by atoms with van der Waals surface area (Å²) in [6.45, 7) is 6.17. The van der Waals surface area contributed by atoms with Crippen LogP contribution in [-0.4, -0.2) is 83.7 Å². The standard InChI is InChI=1S/C27H36N6S/c1-30(25-10-3-6-19-8-5-11-28-26(19)25)16-21-14-23-20(15-29-21)7-4-9-24(23)32-12-13-33-22(18-32)17-31(2)27(33)34/h4-5,7-9,11,21-22,25,29H,3,6,10,12-18H2,1-2H3/t21-,22+,25+/m1/s1. The molecule has 2 saturated heterocycles. The van der Waals surface area contributed by atoms with Crippen LogP contribution in [0.15, 0.2) is 36.5 Å². The SMILES string of the molecule is CN1C[C@H]2CN(c3cccc4c3C[C@H](CN(C)[C@H]3CCCc5cccnc53)NC4)CCN2C1=S. The molecule has 1 aliphatic carbocycles. The van der Waals surface area contributed by atoms with Crippen LogP contribution in [0.4, 0.5) is 5.69 Å². The molecule has 0 radical (unpaired) electrons. The van der Waals surface area contributed by atoms with Crippen molar-refractivity contribution in [1.29, 1.82) is 0 Å². The second-order valence-electron chi connectivity index (χ2n) is 10.5. The van der Waals surface area contributed by atoms with Crippen molar-refractivity contribution in [3.05, 3.63) is 58.9 Å². The quantitative estimate of drug-likeness (QED) is 0.681. The van der Waals surface area contributed by atoms with Crippen molar-refractivity contribution in [1.82, 2.24) is 25.0 Å². The second-order valence-corrected chi connectivity index (χ2v) is 10.9. The van der Waals surface area contributed by atoms with Crippen molar-refractivity contribution in [2.45, 2.75) is 50.4 Å². The van der Waals surface area contributed by atoms with E-state index in [9.17, 15) is 0 Å². The van der Waals surface area contributed by atoms with E-state index < -0.39 is 0 Å². The van der Waals surface area contributed by atoms with Gasteiger partial charge in [-0.2, -0.15) is 0 Å². The molecule has 4 heterocycles. The number of anilines is 1. The zero-order valence-corrected chi connectivity index (χ0v) is 21.2. The number of aryl methyl sites for hydroxylation is 1. The smallest absolute Gasteiger partial charge is 0.171 e. The Morgan fingerprint density at radius 2 is 2.03 bits per heavy atom. The molecule has 0 spiro atoms. The van der Waals surface area contributed by atoms with Gasteiger partial charge in [-0.3, -0.25) is 9.88 Å². The highest BCUT2D eigenvalue weighted by Crippen LogP contribution is 2.34. The van der Waals surface area contributed by atoms with Gasteiger partial charge < -0.3 is 20.0 Å². The van der Waals surface area contributed by atoms with Gasteiger partial charge in [-0.1, -0.05) is 18.2 Å². The molecule has 1 aromatic carbocycles. The molecule has 1 N–H and O–H groups in total. The van der Waals surface area contributed by atoms with Gasteiger partial charge in [0.15, 0.2) is 5.11 Å². The molecule has 1 aromatic heterocycles. The van der Waals surface area contributed by atoms with Crippen LogP contribution in [0.5, 0.6) is 0 Å². The minimum absolute atomic E-state index is 0.430. The molecule has 4 aliphatic rings. The molecule has 6 nitrogen and oxygen atoms in total. The third-order valence-electron chi connectivity index (χ3n) is 8.37. The fourth-order valence-corrected chi connectivity index (χ4v) is 6.92. The Kier molecular flexibility index (Phi) is 5.95. The fraction of sp³-hybridized carbons (Fsp3) is 0.556. The Bertz CT molecular complexity index is 1070. The monoisotopic (exact) mass is 476 g/mol. The largest absolute Gasteiger partial charge is 0.367 e. The van der Waals surface area contributed by atoms with Crippen molar-refractivity contribution in [2.24, 2.45) is 0 Å². The topological polar surface area (TPSA) is 37.9 Å². The molecule has 0 saturated carbocycles. The summed E-state index contributed by atoms with van der Waals surface area (Å²) in [4.78, 5) is 14.6. The normalized spacial score (nSPS) is 26.5. The van der Waals surface area contributed by atoms with E-state index in [1.807, 2.05) is 6.20 Å². The maximum absolute atomic E-state index is 5.64. The van der Waals surface area contributed by atoms with E-state index in [0.717, 1.165) is 50.8 Å². The number of hydrogen-bond acceptors (Lipinski definition) is 5. The van der Waals surface area contributed by atoms with Crippen molar-refractivity contribution >= 4 is 23.0 Å². The average Bonchev–Trinajstić information content (AvgIpc) is 3.15. The van der Waals surface area contributed by atoms with Gasteiger partial charge in [0.25, 0.3) is 0 Å². The van der Waals surface area contributed by atoms with Crippen LogP contribution in [0, 0.1) is 0 Å². The summed E-state index contributed by atoms with van der Waals surface area (Å²) in [6, 6.07) is 12.6. The van der Waals surface area contributed by atoms with Crippen LogP contribution in [0.25, 0.3) is 0 Å². The highest BCUT2D eigenvalue weighted by atomic mass is 32.1. The van der Waals surface area contributed by atoms with Gasteiger partial charge in [0.05, 0.1) is 17.8 Å². The lowest BCUT2D eigenvalue weighted by atomic mass is 9.89. The molecule has 2 aromatic rings. The van der Waals surface area contributed by atoms with Gasteiger partial charge in [0.2, 0.25) is 0 Å². The number of rotatable bonds is 4. The number of hydrogen-bond donors (Lipinski definition) is 1. The van der Waals surface area contributed by atoms with E-state index in [0.29, 0.717) is 18.1 Å². The number of aromatic nitrogens is 1. The highest BCUT2D eigenvalue weighted by molar-refractivity contribution is 7.80. The zero-order chi connectivity index (χ0) is 23.2. The molecule has 180 valence electrons. The molecular weight excluding hydrogens is 440 g/mol. The lowest BCUT2D eigenvalue weighted by Gasteiger charge is -2.41. The molecule has 6 rings (SSSR count). The fourth-order valence-electron chi connectivity index (χ4n) is 6.61. The van der Waals surface area contributed by atoms with Gasteiger partial charge in [-0.15, -0.1) is 0 Å². The number of fused-ring (bicyclic) bond motifs is 3. The summed E-state index contributed by atoms with van der Waals surface area (Å²) in [5.41, 5.74) is 7.18. The Balaban J connectivity index is 1.17. The number of likely N-dealkylation sites (N-methyl/N-ethyl adjacent to an activating group) is 2. The van der Waals surface area contributed by atoms with E-state index in [4.69, 9.17) is 17.2 Å². The van der Waals surface area contributed by atoms with Crippen molar-refractivity contribution < 1.29 is 0 Å². The van der Waals surface area contributed by atoms with Gasteiger partial charge in [-0.05, 0) is 73.8 Å². The lowest BCUT2D eigenvalue weighted by Crippen LogP contribution is -2.52. The minimum Gasteiger partial charge on any atom is -0.367 e. The Morgan fingerprint density at radius 3 is 2.94 bits per heavy atom. The van der Waals surface area contributed by atoms with Crippen LogP contribution in [0.1, 0.15) is 41.3 Å². The van der Waals surface area contributed by atoms with E-state index in [1.54, 1.807) is 5.56 Å². The molecule has 0 bridgehead atoms. The second kappa shape index (κ2) is 9.10. The predicted octanol–water partition coefficient (Wildman–Crippen LogP) is 2.83. The average molecular weight is 477 g/mol. The van der Waals surface area contributed by atoms with Gasteiger partial charge >= 0.3 is 0 Å². The molecular formula is C27H36N6S. The maximum Gasteiger partial charge on any atom is 0.171 e. The third-order valence-corrected chi connectivity index (χ3v) is 8.91. The van der Waals surface area contributed by atoms with Crippen LogP contribution in [0.2, 0.25) is 0 Å². The van der Waals surface area contributed by atoms with Gasteiger partial charge in [0.1, 0.15) is 0 Å². The summed E-state index contributed by atoms with van der Waals surface area (Å²) < 4.78 is 0. The van der Waals surface area contributed by atoms with Crippen LogP contribution in [0.3, 0.4) is 0 Å². The number of thiocarbonyl (C=S) groups is 1. The number of benzene rings is 1. The maximum atomic E-state index is 5.64. The summed E-state index contributed by atoms with van der Waals surface area (Å²) in [5, 5.41) is 4.85. The first-order valence-corrected chi connectivity index (χ1v) is 13.2. The molecule has 7 heteroatoms. The first-order chi connectivity index (χ1) is 16.6. The Labute approximate surface area is 208 Å². The first kappa shape index (κ1) is 22.3. The lowest BCUT2D eigenvalue weighted by molar-refractivity contribution is 0.191. The van der Waals surface area contributed by atoms with Crippen molar-refractivity contribution in [2.75, 3.05) is 51.7 Å². The molecule has 2 fully saturated rings. The van der Waals surface area contributed by atoms with Crippen molar-refractivity contribution in [3.8, 4) is 0 Å². The highest BCUT2D eigenvalue weighted by Gasteiger charge is 2.37. The van der Waals surface area contributed by atoms with Crippen molar-refractivity contribution in [3.63, 3.8) is 0 Å². The van der Waals surface area contributed by atoms with Gasteiger partial charge in [-0.25, -0.2) is 0 Å². The summed E-state index contributed by atoms with van der Waals surface area (Å²) >= 11 is 5.64. The van der Waals surface area contributed by atoms with Crippen LogP contribution >= 0.6 is 12.2 Å². The van der Waals surface area contributed by atoms with Gasteiger partial charge in [0, 0.05) is 64.2 Å². The van der Waals surface area contributed by atoms with E-state index in [1.165, 1.54) is 41.8 Å². The van der Waals surface area contributed by atoms with E-state index in [-0.39, 0.29) is 0 Å². The molecule has 3 aliphatic heterocycles.